The molecule has 0 aliphatic carbocycles. The van der Waals surface area contributed by atoms with Crippen LogP contribution in [-0.4, -0.2) is 24.0 Å². The summed E-state index contributed by atoms with van der Waals surface area (Å²) in [6, 6.07) is 6.30. The van der Waals surface area contributed by atoms with Gasteiger partial charge >= 0.3 is 0 Å². The van der Waals surface area contributed by atoms with E-state index in [0.717, 1.165) is 34.1 Å². The van der Waals surface area contributed by atoms with Gasteiger partial charge in [-0.05, 0) is 45.4 Å². The van der Waals surface area contributed by atoms with Crippen LogP contribution in [0, 0.1) is 13.8 Å². The van der Waals surface area contributed by atoms with E-state index in [1.54, 1.807) is 14.2 Å². The summed E-state index contributed by atoms with van der Waals surface area (Å²) in [5.74, 6) is 1.49. The van der Waals surface area contributed by atoms with Crippen LogP contribution in [0.3, 0.4) is 0 Å². The van der Waals surface area contributed by atoms with Crippen LogP contribution in [-0.2, 0) is 6.54 Å². The third-order valence-electron chi connectivity index (χ3n) is 3.73. The summed E-state index contributed by atoms with van der Waals surface area (Å²) in [5.41, 5.74) is 4.41. The number of benzene rings is 1. The lowest BCUT2D eigenvalue weighted by atomic mass is 10.2. The van der Waals surface area contributed by atoms with Crippen molar-refractivity contribution in [3.63, 3.8) is 0 Å². The van der Waals surface area contributed by atoms with Gasteiger partial charge in [-0.25, -0.2) is 0 Å². The molecule has 0 fully saturated rings. The highest BCUT2D eigenvalue weighted by atomic mass is 16.5. The first kappa shape index (κ1) is 16.2. The van der Waals surface area contributed by atoms with Gasteiger partial charge in [0.15, 0.2) is 11.5 Å². The molecule has 0 saturated heterocycles. The molecule has 0 bridgehead atoms. The van der Waals surface area contributed by atoms with Crippen molar-refractivity contribution < 1.29 is 9.47 Å². The zero-order valence-electron chi connectivity index (χ0n) is 14.2. The van der Waals surface area contributed by atoms with E-state index < -0.39 is 0 Å². The zero-order chi connectivity index (χ0) is 16.3. The fraction of sp³-hybridized carbons (Fsp3) is 0.471. The molecule has 0 atom stereocenters. The van der Waals surface area contributed by atoms with E-state index in [1.165, 1.54) is 0 Å². The minimum atomic E-state index is 0.357. The fourth-order valence-corrected chi connectivity index (χ4v) is 2.60. The van der Waals surface area contributed by atoms with Gasteiger partial charge < -0.3 is 14.8 Å². The first-order valence-corrected chi connectivity index (χ1v) is 7.48. The van der Waals surface area contributed by atoms with E-state index >= 15 is 0 Å². The number of aromatic nitrogens is 2. The molecule has 0 saturated carbocycles. The van der Waals surface area contributed by atoms with Gasteiger partial charge in [-0.2, -0.15) is 5.10 Å². The lowest BCUT2D eigenvalue weighted by Crippen LogP contribution is -2.06. The van der Waals surface area contributed by atoms with E-state index in [0.29, 0.717) is 12.6 Å². The highest BCUT2D eigenvalue weighted by Crippen LogP contribution is 2.28. The quantitative estimate of drug-likeness (QED) is 0.883. The Morgan fingerprint density at radius 2 is 1.82 bits per heavy atom. The van der Waals surface area contributed by atoms with E-state index in [9.17, 15) is 0 Å². The predicted molar refractivity (Wildman–Crippen MR) is 89.0 cm³/mol. The fourth-order valence-electron chi connectivity index (χ4n) is 2.60. The molecule has 120 valence electrons. The SMILES string of the molecule is COc1ccc(CNc2c(C)nn(C(C)C)c2C)cc1OC. The Balaban J connectivity index is 2.17. The number of hydrogen-bond acceptors (Lipinski definition) is 4. The number of rotatable bonds is 6. The molecule has 1 N–H and O–H groups in total. The second kappa shape index (κ2) is 6.73. The second-order valence-corrected chi connectivity index (χ2v) is 5.63. The lowest BCUT2D eigenvalue weighted by molar-refractivity contribution is 0.354. The highest BCUT2D eigenvalue weighted by Gasteiger charge is 2.13. The Kier molecular flexibility index (Phi) is 4.96. The maximum atomic E-state index is 5.34. The number of nitrogens with zero attached hydrogens (tertiary/aromatic N) is 2. The zero-order valence-corrected chi connectivity index (χ0v) is 14.2. The van der Waals surface area contributed by atoms with Crippen LogP contribution >= 0.6 is 0 Å². The van der Waals surface area contributed by atoms with Gasteiger partial charge in [0.05, 0.1) is 31.3 Å². The van der Waals surface area contributed by atoms with Crippen molar-refractivity contribution in [1.29, 1.82) is 0 Å². The van der Waals surface area contributed by atoms with Crippen molar-refractivity contribution in [3.05, 3.63) is 35.2 Å². The molecule has 0 spiro atoms. The molecule has 0 aliphatic rings. The molecule has 1 aromatic carbocycles. The summed E-state index contributed by atoms with van der Waals surface area (Å²) in [4.78, 5) is 0. The molecule has 1 aromatic heterocycles. The summed E-state index contributed by atoms with van der Waals surface area (Å²) in [6.07, 6.45) is 0. The number of ether oxygens (including phenoxy) is 2. The molecule has 2 rings (SSSR count). The summed E-state index contributed by atoms with van der Waals surface area (Å²) in [7, 11) is 3.29. The minimum absolute atomic E-state index is 0.357. The van der Waals surface area contributed by atoms with Crippen LogP contribution in [0.1, 0.15) is 36.8 Å². The Bertz CT molecular complexity index is 648. The molecule has 5 nitrogen and oxygen atoms in total. The molecule has 1 heterocycles. The smallest absolute Gasteiger partial charge is 0.161 e. The largest absolute Gasteiger partial charge is 0.493 e. The van der Waals surface area contributed by atoms with Gasteiger partial charge in [-0.3, -0.25) is 4.68 Å². The number of hydrogen-bond donors (Lipinski definition) is 1. The average Bonchev–Trinajstić information content (AvgIpc) is 2.79. The minimum Gasteiger partial charge on any atom is -0.493 e. The third-order valence-corrected chi connectivity index (χ3v) is 3.73. The molecule has 0 radical (unpaired) electrons. The van der Waals surface area contributed by atoms with E-state index in [-0.39, 0.29) is 0 Å². The van der Waals surface area contributed by atoms with Gasteiger partial charge in [-0.15, -0.1) is 0 Å². The van der Waals surface area contributed by atoms with Crippen molar-refractivity contribution in [2.24, 2.45) is 0 Å². The lowest BCUT2D eigenvalue weighted by Gasteiger charge is -2.12. The van der Waals surface area contributed by atoms with Crippen molar-refractivity contribution in [2.45, 2.75) is 40.3 Å². The molecule has 0 amide bonds. The molecule has 5 heteroatoms. The summed E-state index contributed by atoms with van der Waals surface area (Å²) >= 11 is 0. The first-order chi connectivity index (χ1) is 10.5. The van der Waals surface area contributed by atoms with Crippen LogP contribution < -0.4 is 14.8 Å². The number of methoxy groups -OCH3 is 2. The van der Waals surface area contributed by atoms with Crippen molar-refractivity contribution in [3.8, 4) is 11.5 Å². The average molecular weight is 303 g/mol. The first-order valence-electron chi connectivity index (χ1n) is 7.48. The van der Waals surface area contributed by atoms with E-state index in [4.69, 9.17) is 9.47 Å². The summed E-state index contributed by atoms with van der Waals surface area (Å²) < 4.78 is 12.7. The van der Waals surface area contributed by atoms with Crippen LogP contribution in [0.15, 0.2) is 18.2 Å². The predicted octanol–water partition coefficient (Wildman–Crippen LogP) is 3.71. The Morgan fingerprint density at radius 3 is 2.36 bits per heavy atom. The summed E-state index contributed by atoms with van der Waals surface area (Å²) in [5, 5.41) is 8.07. The number of aryl methyl sites for hydroxylation is 1. The topological polar surface area (TPSA) is 48.3 Å². The number of nitrogens with one attached hydrogen (secondary N) is 1. The van der Waals surface area contributed by atoms with Crippen LogP contribution in [0.25, 0.3) is 0 Å². The molecule has 2 aromatic rings. The van der Waals surface area contributed by atoms with Gasteiger partial charge in [-0.1, -0.05) is 6.07 Å². The van der Waals surface area contributed by atoms with Crippen LogP contribution in [0.5, 0.6) is 11.5 Å². The highest BCUT2D eigenvalue weighted by molar-refractivity contribution is 5.53. The molecule has 22 heavy (non-hydrogen) atoms. The Hall–Kier alpha value is -2.17. The second-order valence-electron chi connectivity index (χ2n) is 5.63. The van der Waals surface area contributed by atoms with Gasteiger partial charge in [0.25, 0.3) is 0 Å². The molecular weight excluding hydrogens is 278 g/mol. The normalized spacial score (nSPS) is 10.9. The molecule has 0 aliphatic heterocycles. The van der Waals surface area contributed by atoms with E-state index in [2.05, 4.69) is 31.2 Å². The Morgan fingerprint density at radius 1 is 1.14 bits per heavy atom. The van der Waals surface area contributed by atoms with Crippen LogP contribution in [0.4, 0.5) is 5.69 Å². The maximum Gasteiger partial charge on any atom is 0.161 e. The van der Waals surface area contributed by atoms with Crippen molar-refractivity contribution in [1.82, 2.24) is 9.78 Å². The van der Waals surface area contributed by atoms with Crippen LogP contribution in [0.2, 0.25) is 0 Å². The van der Waals surface area contributed by atoms with Crippen molar-refractivity contribution in [2.75, 3.05) is 19.5 Å². The van der Waals surface area contributed by atoms with Crippen molar-refractivity contribution >= 4 is 5.69 Å². The third kappa shape index (κ3) is 3.18. The maximum absolute atomic E-state index is 5.34. The summed E-state index contributed by atoms with van der Waals surface area (Å²) in [6.45, 7) is 9.11. The number of anilines is 1. The Labute approximate surface area is 132 Å². The van der Waals surface area contributed by atoms with Gasteiger partial charge in [0.2, 0.25) is 0 Å². The van der Waals surface area contributed by atoms with E-state index in [1.807, 2.05) is 29.8 Å². The molecular formula is C17H25N3O2. The van der Waals surface area contributed by atoms with Gasteiger partial charge in [0, 0.05) is 12.6 Å². The molecule has 0 unspecified atom stereocenters. The monoisotopic (exact) mass is 303 g/mol. The standard InChI is InChI=1S/C17H25N3O2/c1-11(2)20-13(4)17(12(3)19-20)18-10-14-7-8-15(21-5)16(9-14)22-6/h7-9,11,18H,10H2,1-6H3. The van der Waals surface area contributed by atoms with Gasteiger partial charge in [0.1, 0.15) is 0 Å².